The number of unbranched alkanes of at least 4 members (excludes halogenated alkanes) is 1. The number of fused-ring (bicyclic) bond motifs is 4. The van der Waals surface area contributed by atoms with E-state index < -0.39 is 6.04 Å². The van der Waals surface area contributed by atoms with Gasteiger partial charge in [0.1, 0.15) is 23.5 Å². The maximum Gasteiger partial charge on any atom is 0.255 e. The molecule has 0 spiro atoms. The zero-order valence-corrected chi connectivity index (χ0v) is 29.9. The lowest BCUT2D eigenvalue weighted by molar-refractivity contribution is -0.150. The van der Waals surface area contributed by atoms with E-state index in [4.69, 9.17) is 4.74 Å². The molecule has 3 aliphatic heterocycles. The van der Waals surface area contributed by atoms with Gasteiger partial charge in [-0.05, 0) is 60.9 Å². The Hall–Kier alpha value is -5.64. The molecule has 8 rings (SSSR count). The number of allylic oxidation sites excluding steroid dienone is 1. The number of carbonyl (C=O) groups excluding carboxylic acids is 3. The van der Waals surface area contributed by atoms with Crippen molar-refractivity contribution >= 4 is 35.1 Å². The lowest BCUT2D eigenvalue weighted by Crippen LogP contribution is -2.53. The molecular formula is C40H37N7O4S. The molecule has 0 aliphatic carbocycles. The van der Waals surface area contributed by atoms with Gasteiger partial charge in [-0.25, -0.2) is 0 Å². The fourth-order valence-corrected chi connectivity index (χ4v) is 8.39. The van der Waals surface area contributed by atoms with Crippen LogP contribution >= 0.6 is 11.3 Å². The van der Waals surface area contributed by atoms with Crippen LogP contribution in [-0.4, -0.2) is 65.2 Å². The van der Waals surface area contributed by atoms with Crippen LogP contribution in [0, 0.1) is 18.8 Å². The summed E-state index contributed by atoms with van der Waals surface area (Å²) in [6.45, 7) is 3.98. The highest BCUT2D eigenvalue weighted by Gasteiger charge is 2.41. The first-order valence-corrected chi connectivity index (χ1v) is 18.3. The first-order chi connectivity index (χ1) is 25.4. The van der Waals surface area contributed by atoms with Gasteiger partial charge in [0.2, 0.25) is 5.91 Å². The Balaban J connectivity index is 0.929. The van der Waals surface area contributed by atoms with Crippen molar-refractivity contribution in [3.8, 4) is 16.8 Å². The largest absolute Gasteiger partial charge is 0.369 e. The van der Waals surface area contributed by atoms with E-state index in [-0.39, 0.29) is 24.1 Å². The number of amides is 3. The number of aromatic nitrogens is 5. The first kappa shape index (κ1) is 33.5. The summed E-state index contributed by atoms with van der Waals surface area (Å²) in [5.41, 5.74) is 6.89. The molecule has 1 unspecified atom stereocenters. The van der Waals surface area contributed by atoms with Crippen LogP contribution in [0.3, 0.4) is 0 Å². The minimum Gasteiger partial charge on any atom is -0.369 e. The molecule has 3 aromatic heterocycles. The van der Waals surface area contributed by atoms with Gasteiger partial charge in [0.05, 0.1) is 23.2 Å². The zero-order chi connectivity index (χ0) is 35.8. The van der Waals surface area contributed by atoms with Crippen LogP contribution < -0.4 is 0 Å². The van der Waals surface area contributed by atoms with E-state index in [9.17, 15) is 14.4 Å². The first-order valence-electron chi connectivity index (χ1n) is 17.5. The Morgan fingerprint density at radius 2 is 1.88 bits per heavy atom. The number of imide groups is 1. The van der Waals surface area contributed by atoms with E-state index in [0.29, 0.717) is 31.7 Å². The second kappa shape index (κ2) is 14.2. The fraction of sp³-hybridized carbons (Fsp3) is 0.300. The maximum atomic E-state index is 13.3. The smallest absolute Gasteiger partial charge is 0.255 e. The molecule has 3 aliphatic rings. The van der Waals surface area contributed by atoms with Crippen molar-refractivity contribution in [2.45, 2.75) is 71.4 Å². The van der Waals surface area contributed by atoms with Crippen molar-refractivity contribution in [3.63, 3.8) is 0 Å². The van der Waals surface area contributed by atoms with E-state index in [0.717, 1.165) is 74.5 Å². The highest BCUT2D eigenvalue weighted by Crippen LogP contribution is 2.37. The third-order valence-electron chi connectivity index (χ3n) is 9.93. The second-order valence-electron chi connectivity index (χ2n) is 13.3. The number of hydrogen-bond donors (Lipinski definition) is 0. The summed E-state index contributed by atoms with van der Waals surface area (Å²) in [4.78, 5) is 41.8. The number of nitrogens with zero attached hydrogens (tertiary/aromatic N) is 7. The molecule has 0 bridgehead atoms. The summed E-state index contributed by atoms with van der Waals surface area (Å²) in [6.07, 6.45) is 11.0. The van der Waals surface area contributed by atoms with Gasteiger partial charge in [-0.1, -0.05) is 66.5 Å². The van der Waals surface area contributed by atoms with Crippen LogP contribution in [0.5, 0.6) is 0 Å². The monoisotopic (exact) mass is 711 g/mol. The molecule has 1 atom stereocenters. The predicted molar refractivity (Wildman–Crippen MR) is 195 cm³/mol. The van der Waals surface area contributed by atoms with E-state index in [1.165, 1.54) is 18.2 Å². The topological polar surface area (TPSA) is 115 Å². The Kier molecular flexibility index (Phi) is 9.13. The van der Waals surface area contributed by atoms with Crippen molar-refractivity contribution in [1.82, 2.24) is 34.3 Å². The van der Waals surface area contributed by atoms with Gasteiger partial charge in [0, 0.05) is 43.9 Å². The third kappa shape index (κ3) is 6.38. The molecule has 2 aromatic carbocycles. The Labute approximate surface area is 305 Å². The highest BCUT2D eigenvalue weighted by molar-refractivity contribution is 7.15. The van der Waals surface area contributed by atoms with E-state index >= 15 is 0 Å². The van der Waals surface area contributed by atoms with E-state index in [2.05, 4.69) is 68.1 Å². The van der Waals surface area contributed by atoms with Gasteiger partial charge >= 0.3 is 0 Å². The van der Waals surface area contributed by atoms with Crippen molar-refractivity contribution < 1.29 is 19.1 Å². The van der Waals surface area contributed by atoms with Crippen molar-refractivity contribution in [2.24, 2.45) is 0 Å². The number of piperidine rings is 1. The molecule has 3 amide bonds. The molecule has 52 heavy (non-hydrogen) atoms. The number of thiophene rings is 1. The molecule has 1 fully saturated rings. The molecule has 11 nitrogen and oxygen atoms in total. The predicted octanol–water partition coefficient (Wildman–Crippen LogP) is 5.45. The van der Waals surface area contributed by atoms with Gasteiger partial charge in [-0.3, -0.25) is 28.5 Å². The molecule has 0 saturated carbocycles. The summed E-state index contributed by atoms with van der Waals surface area (Å²) in [5.74, 6) is 7.79. The quantitative estimate of drug-likeness (QED) is 0.119. The van der Waals surface area contributed by atoms with Crippen LogP contribution in [0.15, 0.2) is 67.0 Å². The summed E-state index contributed by atoms with van der Waals surface area (Å²) in [5, 5.41) is 14.3. The van der Waals surface area contributed by atoms with Crippen molar-refractivity contribution in [1.29, 1.82) is 0 Å². The van der Waals surface area contributed by atoms with Crippen LogP contribution in [0.1, 0.15) is 85.9 Å². The molecule has 12 heteroatoms. The van der Waals surface area contributed by atoms with Crippen LogP contribution in [0.4, 0.5) is 0 Å². The summed E-state index contributed by atoms with van der Waals surface area (Å²) < 4.78 is 10.1. The number of carbonyl (C=O) groups is 3. The number of aryl methyl sites for hydroxylation is 2. The fourth-order valence-electron chi connectivity index (χ4n) is 7.15. The molecule has 0 N–H and O–H groups in total. The average Bonchev–Trinajstić information content (AvgIpc) is 3.90. The van der Waals surface area contributed by atoms with E-state index in [1.807, 2.05) is 48.3 Å². The number of likely N-dealkylation sites (N-methyl/N-ethyl adjacent to an activating group) is 1. The number of likely N-dealkylation sites (tertiary alicyclic amines) is 1. The molecule has 5 aromatic rings. The standard InChI is InChI=1S/C40H37N7O4S/c1-26-42-43-36-25-51-24-33-31(20-27-10-5-3-6-11-27)35(52-40(33)47(26)36)17-15-28-21-41-45(22-28)19-8-4-7-12-29-13-9-14-30-32(29)23-46(38(30)49)34-16-18-37(48)44(2)39(34)50/h3,5-7,9-14,21-22,34H,4,8,16,18-20,23-25H2,1-2H3/b12-7+. The van der Waals surface area contributed by atoms with Crippen molar-refractivity contribution in [2.75, 3.05) is 7.05 Å². The number of ether oxygens (including phenoxy) is 1. The third-order valence-corrected chi connectivity index (χ3v) is 11.1. The minimum absolute atomic E-state index is 0.153. The Morgan fingerprint density at radius 1 is 1.02 bits per heavy atom. The maximum absolute atomic E-state index is 13.3. The summed E-state index contributed by atoms with van der Waals surface area (Å²) in [7, 11) is 1.49. The lowest BCUT2D eigenvalue weighted by Gasteiger charge is -2.33. The molecule has 262 valence electrons. The highest BCUT2D eigenvalue weighted by atomic mass is 32.1. The van der Waals surface area contributed by atoms with Gasteiger partial charge in [-0.2, -0.15) is 5.10 Å². The summed E-state index contributed by atoms with van der Waals surface area (Å²) >= 11 is 1.66. The van der Waals surface area contributed by atoms with Crippen LogP contribution in [-0.2, 0) is 47.1 Å². The van der Waals surface area contributed by atoms with Crippen molar-refractivity contribution in [3.05, 3.63) is 122 Å². The van der Waals surface area contributed by atoms with Gasteiger partial charge < -0.3 is 9.64 Å². The normalized spacial score (nSPS) is 16.9. The van der Waals surface area contributed by atoms with E-state index in [1.54, 1.807) is 16.2 Å². The number of benzene rings is 2. The van der Waals surface area contributed by atoms with Gasteiger partial charge in [0.25, 0.3) is 11.8 Å². The Morgan fingerprint density at radius 3 is 2.75 bits per heavy atom. The molecule has 1 saturated heterocycles. The minimum atomic E-state index is -0.610. The number of hydrogen-bond acceptors (Lipinski definition) is 8. The van der Waals surface area contributed by atoms with Gasteiger partial charge in [-0.15, -0.1) is 21.5 Å². The average molecular weight is 712 g/mol. The number of rotatable bonds is 8. The zero-order valence-electron chi connectivity index (χ0n) is 29.0. The molecule has 0 radical (unpaired) electrons. The van der Waals surface area contributed by atoms with Crippen LogP contribution in [0.2, 0.25) is 0 Å². The Bertz CT molecular complexity index is 2290. The van der Waals surface area contributed by atoms with Crippen LogP contribution in [0.25, 0.3) is 11.1 Å². The second-order valence-corrected chi connectivity index (χ2v) is 14.3. The molecule has 6 heterocycles. The lowest BCUT2D eigenvalue weighted by atomic mass is 10.0. The summed E-state index contributed by atoms with van der Waals surface area (Å²) in [6, 6.07) is 15.5. The SMILES string of the molecule is Cc1nnc2n1-c1sc(C#Cc3cnn(CCC/C=C/c4cccc5c4CN(C4CCC(=O)N(C)C4=O)C5=O)c3)c(Cc3ccccc3)c1COC2. The molecular weight excluding hydrogens is 675 g/mol. The van der Waals surface area contributed by atoms with Gasteiger partial charge in [0.15, 0.2) is 5.82 Å².